The van der Waals surface area contributed by atoms with Crippen LogP contribution >= 0.6 is 0 Å². The van der Waals surface area contributed by atoms with Gasteiger partial charge in [0.25, 0.3) is 0 Å². The van der Waals surface area contributed by atoms with E-state index >= 15 is 0 Å². The lowest BCUT2D eigenvalue weighted by Gasteiger charge is -2.25. The van der Waals surface area contributed by atoms with E-state index in [9.17, 15) is 0 Å². The molecule has 0 amide bonds. The van der Waals surface area contributed by atoms with Gasteiger partial charge in [0.1, 0.15) is 5.75 Å². The summed E-state index contributed by atoms with van der Waals surface area (Å²) >= 11 is 0. The molecule has 20 heavy (non-hydrogen) atoms. The van der Waals surface area contributed by atoms with Crippen LogP contribution in [0.15, 0.2) is 18.2 Å². The zero-order valence-corrected chi connectivity index (χ0v) is 13.6. The van der Waals surface area contributed by atoms with Crippen LogP contribution in [0.25, 0.3) is 0 Å². The lowest BCUT2D eigenvalue weighted by atomic mass is 9.86. The smallest absolute Gasteiger partial charge is 0.122 e. The number of nitrogens with one attached hydrogen (secondary N) is 1. The van der Waals surface area contributed by atoms with Crippen molar-refractivity contribution in [2.45, 2.75) is 33.6 Å². The molecule has 0 aliphatic heterocycles. The van der Waals surface area contributed by atoms with Gasteiger partial charge in [-0.3, -0.25) is 0 Å². The minimum atomic E-state index is 0.266. The second-order valence-electron chi connectivity index (χ2n) is 6.15. The van der Waals surface area contributed by atoms with Gasteiger partial charge in [0.05, 0.1) is 13.7 Å². The summed E-state index contributed by atoms with van der Waals surface area (Å²) in [5.41, 5.74) is 2.86. The molecule has 1 rings (SSSR count). The van der Waals surface area contributed by atoms with Crippen LogP contribution in [-0.2, 0) is 11.2 Å². The first-order valence-corrected chi connectivity index (χ1v) is 7.32. The first kappa shape index (κ1) is 17.0. The lowest BCUT2D eigenvalue weighted by Crippen LogP contribution is -2.32. The first-order chi connectivity index (χ1) is 9.48. The van der Waals surface area contributed by atoms with Gasteiger partial charge in [0, 0.05) is 20.2 Å². The average Bonchev–Trinajstić information content (AvgIpc) is 2.42. The summed E-state index contributed by atoms with van der Waals surface area (Å²) in [6, 6.07) is 6.39. The van der Waals surface area contributed by atoms with E-state index in [1.165, 1.54) is 11.1 Å². The van der Waals surface area contributed by atoms with Crippen molar-refractivity contribution in [3.05, 3.63) is 29.3 Å². The molecule has 0 heterocycles. The topological polar surface area (TPSA) is 30.5 Å². The number of aryl methyl sites for hydroxylation is 2. The number of benzene rings is 1. The summed E-state index contributed by atoms with van der Waals surface area (Å²) in [6.45, 7) is 9.41. The molecule has 0 bridgehead atoms. The quantitative estimate of drug-likeness (QED) is 0.704. The summed E-state index contributed by atoms with van der Waals surface area (Å²) in [6.07, 6.45) is 2.18. The molecule has 0 saturated carbocycles. The Morgan fingerprint density at radius 2 is 1.95 bits per heavy atom. The highest BCUT2D eigenvalue weighted by atomic mass is 16.5. The third-order valence-electron chi connectivity index (χ3n) is 3.59. The van der Waals surface area contributed by atoms with E-state index in [1.807, 2.05) is 0 Å². The highest BCUT2D eigenvalue weighted by molar-refractivity contribution is 5.37. The van der Waals surface area contributed by atoms with Crippen molar-refractivity contribution in [1.29, 1.82) is 0 Å². The van der Waals surface area contributed by atoms with Crippen LogP contribution in [-0.4, -0.2) is 33.9 Å². The van der Waals surface area contributed by atoms with Gasteiger partial charge in [-0.2, -0.15) is 0 Å². The molecule has 0 radical (unpaired) electrons. The van der Waals surface area contributed by atoms with Crippen LogP contribution in [0.5, 0.6) is 5.75 Å². The molecule has 0 aromatic heterocycles. The lowest BCUT2D eigenvalue weighted by molar-refractivity contribution is 0.193. The van der Waals surface area contributed by atoms with Crippen molar-refractivity contribution < 1.29 is 9.47 Å². The molecule has 114 valence electrons. The van der Waals surface area contributed by atoms with Crippen LogP contribution in [0.4, 0.5) is 0 Å². The fourth-order valence-corrected chi connectivity index (χ4v) is 2.27. The van der Waals surface area contributed by atoms with Crippen LogP contribution < -0.4 is 10.1 Å². The summed E-state index contributed by atoms with van der Waals surface area (Å²) in [7, 11) is 3.47. The zero-order valence-electron chi connectivity index (χ0n) is 13.6. The Labute approximate surface area is 123 Å². The van der Waals surface area contributed by atoms with Gasteiger partial charge < -0.3 is 14.8 Å². The van der Waals surface area contributed by atoms with Crippen molar-refractivity contribution in [2.75, 3.05) is 33.9 Å². The third kappa shape index (κ3) is 5.93. The van der Waals surface area contributed by atoms with E-state index in [-0.39, 0.29) is 5.41 Å². The SMILES string of the molecule is COCCNCC(C)(C)CCc1cc(C)ccc1OC. The molecule has 0 aliphatic rings. The maximum atomic E-state index is 5.45. The average molecular weight is 279 g/mol. The van der Waals surface area contributed by atoms with E-state index in [1.54, 1.807) is 14.2 Å². The van der Waals surface area contributed by atoms with Gasteiger partial charge in [-0.25, -0.2) is 0 Å². The Morgan fingerprint density at radius 3 is 2.60 bits per heavy atom. The van der Waals surface area contributed by atoms with Crippen LogP contribution in [0, 0.1) is 12.3 Å². The Balaban J connectivity index is 2.50. The van der Waals surface area contributed by atoms with E-state index in [2.05, 4.69) is 44.3 Å². The highest BCUT2D eigenvalue weighted by Gasteiger charge is 2.18. The Kier molecular flexibility index (Phi) is 7.03. The van der Waals surface area contributed by atoms with Gasteiger partial charge in [-0.15, -0.1) is 0 Å². The van der Waals surface area contributed by atoms with E-state index < -0.39 is 0 Å². The maximum absolute atomic E-state index is 5.45. The fraction of sp³-hybridized carbons (Fsp3) is 0.647. The molecule has 1 aromatic rings. The molecule has 3 heteroatoms. The van der Waals surface area contributed by atoms with Crippen LogP contribution in [0.1, 0.15) is 31.4 Å². The minimum absolute atomic E-state index is 0.266. The molecule has 3 nitrogen and oxygen atoms in total. The highest BCUT2D eigenvalue weighted by Crippen LogP contribution is 2.27. The van der Waals surface area contributed by atoms with Gasteiger partial charge in [0.2, 0.25) is 0 Å². The normalized spacial score (nSPS) is 11.7. The maximum Gasteiger partial charge on any atom is 0.122 e. The molecular weight excluding hydrogens is 250 g/mol. The van der Waals surface area contributed by atoms with Gasteiger partial charge >= 0.3 is 0 Å². The predicted octanol–water partition coefficient (Wildman–Crippen LogP) is 3.20. The summed E-state index contributed by atoms with van der Waals surface area (Å²) < 4.78 is 10.5. The molecule has 0 aliphatic carbocycles. The predicted molar refractivity (Wildman–Crippen MR) is 84.6 cm³/mol. The van der Waals surface area contributed by atoms with Crippen LogP contribution in [0.2, 0.25) is 0 Å². The Bertz CT molecular complexity index is 402. The number of hydrogen-bond donors (Lipinski definition) is 1. The molecule has 0 fully saturated rings. The number of ether oxygens (including phenoxy) is 2. The Morgan fingerprint density at radius 1 is 1.20 bits per heavy atom. The van der Waals surface area contributed by atoms with Gasteiger partial charge in [-0.05, 0) is 36.8 Å². The van der Waals surface area contributed by atoms with E-state index in [4.69, 9.17) is 9.47 Å². The molecule has 1 aromatic carbocycles. The van der Waals surface area contributed by atoms with Crippen molar-refractivity contribution >= 4 is 0 Å². The first-order valence-electron chi connectivity index (χ1n) is 7.32. The standard InChI is InChI=1S/C17H29NO2/c1-14-6-7-16(20-5)15(12-14)8-9-17(2,3)13-18-10-11-19-4/h6-7,12,18H,8-11,13H2,1-5H3. The molecule has 0 unspecified atom stereocenters. The van der Waals surface area contributed by atoms with Crippen molar-refractivity contribution in [2.24, 2.45) is 5.41 Å². The summed E-state index contributed by atoms with van der Waals surface area (Å²) in [5, 5.41) is 3.45. The van der Waals surface area contributed by atoms with Gasteiger partial charge in [-0.1, -0.05) is 31.5 Å². The van der Waals surface area contributed by atoms with Crippen molar-refractivity contribution in [3.63, 3.8) is 0 Å². The minimum Gasteiger partial charge on any atom is -0.496 e. The van der Waals surface area contributed by atoms with Crippen molar-refractivity contribution in [1.82, 2.24) is 5.32 Å². The van der Waals surface area contributed by atoms with Crippen molar-refractivity contribution in [3.8, 4) is 5.75 Å². The fourth-order valence-electron chi connectivity index (χ4n) is 2.27. The molecule has 0 saturated heterocycles. The molecular formula is C17H29NO2. The third-order valence-corrected chi connectivity index (χ3v) is 3.59. The molecule has 1 N–H and O–H groups in total. The van der Waals surface area contributed by atoms with Gasteiger partial charge in [0.15, 0.2) is 0 Å². The second kappa shape index (κ2) is 8.28. The zero-order chi connectivity index (χ0) is 15.0. The monoisotopic (exact) mass is 279 g/mol. The van der Waals surface area contributed by atoms with E-state index in [0.717, 1.165) is 38.3 Å². The summed E-state index contributed by atoms with van der Waals surface area (Å²) in [4.78, 5) is 0. The molecule has 0 spiro atoms. The molecule has 0 atom stereocenters. The largest absolute Gasteiger partial charge is 0.496 e. The number of hydrogen-bond acceptors (Lipinski definition) is 3. The van der Waals surface area contributed by atoms with Crippen LogP contribution in [0.3, 0.4) is 0 Å². The number of methoxy groups -OCH3 is 2. The number of rotatable bonds is 9. The second-order valence-corrected chi connectivity index (χ2v) is 6.15. The summed E-state index contributed by atoms with van der Waals surface area (Å²) in [5.74, 6) is 0.999. The Hall–Kier alpha value is -1.06. The van der Waals surface area contributed by atoms with E-state index in [0.29, 0.717) is 0 Å².